The average molecular weight is 316 g/mol. The fraction of sp³-hybridized carbons (Fsp3) is 0.176. The van der Waals surface area contributed by atoms with Crippen molar-refractivity contribution in [3.05, 3.63) is 71.3 Å². The molecule has 4 nitrogen and oxygen atoms in total. The maximum atomic E-state index is 13.5. The first-order valence-electron chi connectivity index (χ1n) is 7.13. The molecule has 1 heterocycles. The van der Waals surface area contributed by atoms with Gasteiger partial charge in [0.25, 0.3) is 5.91 Å². The molecule has 0 aromatic heterocycles. The minimum atomic E-state index is -0.792. The fourth-order valence-electron chi connectivity index (χ4n) is 2.29. The van der Waals surface area contributed by atoms with E-state index in [1.807, 2.05) is 0 Å². The van der Waals surface area contributed by atoms with E-state index >= 15 is 0 Å². The topological polar surface area (TPSA) is 50.7 Å². The van der Waals surface area contributed by atoms with Gasteiger partial charge in [-0.1, -0.05) is 35.5 Å². The highest BCUT2D eigenvalue weighted by Gasteiger charge is 2.28. The number of hydrogen-bond donors (Lipinski definition) is 1. The van der Waals surface area contributed by atoms with Gasteiger partial charge in [-0.05, 0) is 18.2 Å². The highest BCUT2D eigenvalue weighted by molar-refractivity contribution is 6.04. The summed E-state index contributed by atoms with van der Waals surface area (Å²) in [5.41, 5.74) is 1.48. The Morgan fingerprint density at radius 1 is 1.22 bits per heavy atom. The van der Waals surface area contributed by atoms with E-state index in [0.29, 0.717) is 16.8 Å². The van der Waals surface area contributed by atoms with Crippen molar-refractivity contribution in [3.63, 3.8) is 0 Å². The van der Waals surface area contributed by atoms with E-state index in [-0.39, 0.29) is 30.5 Å². The van der Waals surface area contributed by atoms with Crippen molar-refractivity contribution in [2.45, 2.75) is 19.1 Å². The fourth-order valence-corrected chi connectivity index (χ4v) is 2.29. The molecule has 0 radical (unpaired) electrons. The van der Waals surface area contributed by atoms with Crippen LogP contribution in [-0.2, 0) is 16.2 Å². The number of nitrogens with one attached hydrogen (secondary N) is 1. The van der Waals surface area contributed by atoms with Crippen molar-refractivity contribution in [2.24, 2.45) is 5.16 Å². The van der Waals surface area contributed by atoms with Gasteiger partial charge in [-0.15, -0.1) is 0 Å². The number of amides is 1. The molecule has 0 fully saturated rings. The average Bonchev–Trinajstić information content (AvgIpc) is 3.04. The van der Waals surface area contributed by atoms with Gasteiger partial charge in [-0.2, -0.15) is 0 Å². The second-order valence-electron chi connectivity index (χ2n) is 5.16. The number of nitrogens with zero attached hydrogens (tertiary/aromatic N) is 1. The lowest BCUT2D eigenvalue weighted by atomic mass is 10.0. The third-order valence-corrected chi connectivity index (χ3v) is 3.53. The van der Waals surface area contributed by atoms with Gasteiger partial charge >= 0.3 is 0 Å². The lowest BCUT2D eigenvalue weighted by Gasteiger charge is -2.10. The Balaban J connectivity index is 1.58. The zero-order chi connectivity index (χ0) is 16.2. The smallest absolute Gasteiger partial charge is 0.264 e. The van der Waals surface area contributed by atoms with Crippen molar-refractivity contribution < 1.29 is 18.4 Å². The Hall–Kier alpha value is -2.76. The third-order valence-electron chi connectivity index (χ3n) is 3.53. The molecule has 2 aromatic rings. The van der Waals surface area contributed by atoms with E-state index in [0.717, 1.165) is 0 Å². The molecule has 6 heteroatoms. The van der Waals surface area contributed by atoms with Crippen LogP contribution in [0.3, 0.4) is 0 Å². The minimum Gasteiger partial charge on any atom is -0.382 e. The highest BCUT2D eigenvalue weighted by Crippen LogP contribution is 2.18. The van der Waals surface area contributed by atoms with Gasteiger partial charge in [0, 0.05) is 24.1 Å². The Morgan fingerprint density at radius 3 is 2.83 bits per heavy atom. The number of benzene rings is 2. The summed E-state index contributed by atoms with van der Waals surface area (Å²) in [4.78, 5) is 17.2. The minimum absolute atomic E-state index is 0.0701. The lowest BCUT2D eigenvalue weighted by Crippen LogP contribution is -2.34. The first-order chi connectivity index (χ1) is 11.1. The Kier molecular flexibility index (Phi) is 4.32. The van der Waals surface area contributed by atoms with Crippen LogP contribution in [0.2, 0.25) is 0 Å². The molecule has 1 N–H and O–H groups in total. The van der Waals surface area contributed by atoms with Gasteiger partial charge in [0.1, 0.15) is 11.6 Å². The number of rotatable bonds is 4. The maximum absolute atomic E-state index is 13.5. The highest BCUT2D eigenvalue weighted by atomic mass is 19.1. The second kappa shape index (κ2) is 6.56. The van der Waals surface area contributed by atoms with Gasteiger partial charge in [-0.3, -0.25) is 4.79 Å². The van der Waals surface area contributed by atoms with Crippen LogP contribution in [0.4, 0.5) is 8.78 Å². The number of halogens is 2. The Labute approximate surface area is 131 Å². The van der Waals surface area contributed by atoms with E-state index in [2.05, 4.69) is 10.5 Å². The number of carbonyl (C=O) groups is 1. The number of hydrogen-bond acceptors (Lipinski definition) is 3. The predicted molar refractivity (Wildman–Crippen MR) is 80.7 cm³/mol. The predicted octanol–water partition coefficient (Wildman–Crippen LogP) is 2.77. The standard InChI is InChI=1S/C17H14F2N2O2/c18-13-6-3-5-11(8-13)15-9-16(23-21-15)17(22)20-10-12-4-1-2-7-14(12)19/h1-8,16H,9-10H2,(H,20,22). The van der Waals surface area contributed by atoms with Crippen LogP contribution in [0.5, 0.6) is 0 Å². The second-order valence-corrected chi connectivity index (χ2v) is 5.16. The van der Waals surface area contributed by atoms with Gasteiger partial charge < -0.3 is 10.2 Å². The molecule has 3 rings (SSSR count). The van der Waals surface area contributed by atoms with Crippen molar-refractivity contribution in [3.8, 4) is 0 Å². The molecule has 2 aromatic carbocycles. The summed E-state index contributed by atoms with van der Waals surface area (Å²) in [6.07, 6.45) is -0.549. The van der Waals surface area contributed by atoms with Gasteiger partial charge in [0.15, 0.2) is 0 Å². The van der Waals surface area contributed by atoms with Crippen molar-refractivity contribution >= 4 is 11.6 Å². The van der Waals surface area contributed by atoms with Crippen LogP contribution >= 0.6 is 0 Å². The van der Waals surface area contributed by atoms with E-state index < -0.39 is 6.10 Å². The molecule has 0 saturated heterocycles. The third kappa shape index (κ3) is 3.53. The van der Waals surface area contributed by atoms with E-state index in [1.54, 1.807) is 30.3 Å². The van der Waals surface area contributed by atoms with Gasteiger partial charge in [-0.25, -0.2) is 8.78 Å². The molecule has 0 bridgehead atoms. The summed E-state index contributed by atoms with van der Waals surface area (Å²) in [5, 5.41) is 6.45. The summed E-state index contributed by atoms with van der Waals surface area (Å²) >= 11 is 0. The molecule has 0 saturated carbocycles. The SMILES string of the molecule is O=C(NCc1ccccc1F)C1CC(c2cccc(F)c2)=NO1. The van der Waals surface area contributed by atoms with E-state index in [1.165, 1.54) is 18.2 Å². The lowest BCUT2D eigenvalue weighted by molar-refractivity contribution is -0.131. The summed E-state index contributed by atoms with van der Waals surface area (Å²) in [6, 6.07) is 12.1. The summed E-state index contributed by atoms with van der Waals surface area (Å²) in [7, 11) is 0. The van der Waals surface area contributed by atoms with Crippen LogP contribution in [0.25, 0.3) is 0 Å². The first kappa shape index (κ1) is 15.1. The zero-order valence-corrected chi connectivity index (χ0v) is 12.1. The normalized spacial score (nSPS) is 16.6. The van der Waals surface area contributed by atoms with Crippen LogP contribution in [0.1, 0.15) is 17.5 Å². The Bertz CT molecular complexity index is 762. The van der Waals surface area contributed by atoms with E-state index in [9.17, 15) is 13.6 Å². The largest absolute Gasteiger partial charge is 0.382 e. The summed E-state index contributed by atoms with van der Waals surface area (Å²) in [5.74, 6) is -1.14. The molecule has 118 valence electrons. The molecular weight excluding hydrogens is 302 g/mol. The molecule has 0 spiro atoms. The first-order valence-corrected chi connectivity index (χ1v) is 7.13. The monoisotopic (exact) mass is 316 g/mol. The van der Waals surface area contributed by atoms with Crippen LogP contribution in [0, 0.1) is 11.6 Å². The summed E-state index contributed by atoms with van der Waals surface area (Å²) in [6.45, 7) is 0.0701. The quantitative estimate of drug-likeness (QED) is 0.943. The van der Waals surface area contributed by atoms with Gasteiger partial charge in [0.05, 0.1) is 5.71 Å². The zero-order valence-electron chi connectivity index (χ0n) is 12.1. The molecule has 0 aliphatic carbocycles. The van der Waals surface area contributed by atoms with E-state index in [4.69, 9.17) is 4.84 Å². The van der Waals surface area contributed by atoms with Crippen molar-refractivity contribution in [2.75, 3.05) is 0 Å². The van der Waals surface area contributed by atoms with Crippen molar-refractivity contribution in [1.29, 1.82) is 0 Å². The molecule has 1 aliphatic rings. The molecule has 1 amide bonds. The molecular formula is C17H14F2N2O2. The van der Waals surface area contributed by atoms with Crippen LogP contribution in [-0.4, -0.2) is 17.7 Å². The van der Waals surface area contributed by atoms with Crippen LogP contribution < -0.4 is 5.32 Å². The molecule has 1 unspecified atom stereocenters. The number of oxime groups is 1. The molecule has 1 atom stereocenters. The number of carbonyl (C=O) groups excluding carboxylic acids is 1. The maximum Gasteiger partial charge on any atom is 0.264 e. The Morgan fingerprint density at radius 2 is 2.04 bits per heavy atom. The molecule has 23 heavy (non-hydrogen) atoms. The molecule has 1 aliphatic heterocycles. The van der Waals surface area contributed by atoms with Crippen LogP contribution in [0.15, 0.2) is 53.7 Å². The summed E-state index contributed by atoms with van der Waals surface area (Å²) < 4.78 is 26.7. The van der Waals surface area contributed by atoms with Crippen molar-refractivity contribution in [1.82, 2.24) is 5.32 Å². The van der Waals surface area contributed by atoms with Gasteiger partial charge in [0.2, 0.25) is 6.10 Å².